The molecule has 0 bridgehead atoms. The predicted octanol–water partition coefficient (Wildman–Crippen LogP) is 3.75. The van der Waals surface area contributed by atoms with E-state index in [1.54, 1.807) is 27.0 Å². The van der Waals surface area contributed by atoms with Gasteiger partial charge in [-0.3, -0.25) is 4.90 Å². The van der Waals surface area contributed by atoms with Crippen LogP contribution in [0.4, 0.5) is 25.2 Å². The summed E-state index contributed by atoms with van der Waals surface area (Å²) in [4.78, 5) is 22.1. The van der Waals surface area contributed by atoms with Gasteiger partial charge >= 0.3 is 6.09 Å². The Kier molecular flexibility index (Phi) is 4.28. The summed E-state index contributed by atoms with van der Waals surface area (Å²) >= 11 is 0. The lowest BCUT2D eigenvalue weighted by Gasteiger charge is -2.23. The Hall–Kier alpha value is -2.77. The van der Waals surface area contributed by atoms with E-state index >= 15 is 0 Å². The van der Waals surface area contributed by atoms with Crippen molar-refractivity contribution in [2.24, 2.45) is 0 Å². The van der Waals surface area contributed by atoms with E-state index in [0.717, 1.165) is 23.8 Å². The summed E-state index contributed by atoms with van der Waals surface area (Å²) in [5.41, 5.74) is 1.10. The van der Waals surface area contributed by atoms with E-state index in [4.69, 9.17) is 4.74 Å². The summed E-state index contributed by atoms with van der Waals surface area (Å²) in [7, 11) is 0. The van der Waals surface area contributed by atoms with E-state index < -0.39 is 23.3 Å². The van der Waals surface area contributed by atoms with E-state index in [1.165, 1.54) is 4.90 Å². The minimum atomic E-state index is -0.695. The number of fused-ring (bicyclic) bond motifs is 1. The van der Waals surface area contributed by atoms with Crippen molar-refractivity contribution in [3.05, 3.63) is 47.3 Å². The number of nitrogens with one attached hydrogen (secondary N) is 1. The molecule has 1 aliphatic rings. The Bertz CT molecular complexity index is 801. The maximum Gasteiger partial charge on any atom is 0.410 e. The molecule has 0 saturated carbocycles. The molecule has 1 aromatic carbocycles. The molecule has 0 spiro atoms. The van der Waals surface area contributed by atoms with E-state index in [2.05, 4.69) is 15.3 Å². The highest BCUT2D eigenvalue weighted by molar-refractivity contribution is 5.69. The van der Waals surface area contributed by atoms with Gasteiger partial charge in [-0.1, -0.05) is 0 Å². The molecule has 1 aromatic heterocycles. The monoisotopic (exact) mass is 348 g/mol. The van der Waals surface area contributed by atoms with Gasteiger partial charge in [-0.2, -0.15) is 0 Å². The molecule has 2 heterocycles. The van der Waals surface area contributed by atoms with Crippen LogP contribution in [-0.4, -0.2) is 26.6 Å². The molecule has 6 nitrogen and oxygen atoms in total. The highest BCUT2D eigenvalue weighted by Gasteiger charge is 2.29. The smallest absolute Gasteiger partial charge is 0.410 e. The van der Waals surface area contributed by atoms with Crippen molar-refractivity contribution in [2.75, 3.05) is 5.32 Å². The topological polar surface area (TPSA) is 67.3 Å². The Morgan fingerprint density at radius 1 is 1.20 bits per heavy atom. The Labute approximate surface area is 143 Å². The Morgan fingerprint density at radius 2 is 1.88 bits per heavy atom. The maximum absolute atomic E-state index is 13.2. The number of carbonyl (C=O) groups is 1. The number of hydrogen-bond acceptors (Lipinski definition) is 5. The lowest BCUT2D eigenvalue weighted by Crippen LogP contribution is -2.33. The van der Waals surface area contributed by atoms with Crippen LogP contribution in [0.5, 0.6) is 0 Å². The molecule has 8 heteroatoms. The molecule has 25 heavy (non-hydrogen) atoms. The lowest BCUT2D eigenvalue weighted by molar-refractivity contribution is 0.0240. The first-order valence-corrected chi connectivity index (χ1v) is 7.75. The SMILES string of the molecule is CC(C)(C)OC(=O)N1Cc2cnc(Nc3cc(F)cc(F)c3)nc2C1. The zero-order chi connectivity index (χ0) is 18.2. The van der Waals surface area contributed by atoms with Crippen molar-refractivity contribution >= 4 is 17.7 Å². The van der Waals surface area contributed by atoms with Gasteiger partial charge in [0.15, 0.2) is 0 Å². The van der Waals surface area contributed by atoms with Crippen LogP contribution in [0.2, 0.25) is 0 Å². The fourth-order valence-electron chi connectivity index (χ4n) is 2.42. The van der Waals surface area contributed by atoms with Crippen LogP contribution in [0.25, 0.3) is 0 Å². The second kappa shape index (κ2) is 6.27. The van der Waals surface area contributed by atoms with Crippen molar-refractivity contribution in [1.82, 2.24) is 14.9 Å². The maximum atomic E-state index is 13.2. The molecule has 2 aromatic rings. The molecule has 3 rings (SSSR count). The number of aromatic nitrogens is 2. The van der Waals surface area contributed by atoms with Gasteiger partial charge in [-0.05, 0) is 32.9 Å². The zero-order valence-corrected chi connectivity index (χ0v) is 14.1. The predicted molar refractivity (Wildman–Crippen MR) is 87.2 cm³/mol. The Balaban J connectivity index is 1.73. The van der Waals surface area contributed by atoms with E-state index in [1.807, 2.05) is 0 Å². The molecule has 0 saturated heterocycles. The standard InChI is InChI=1S/C17H18F2N4O2/c1-17(2,3)25-16(24)23-8-10-7-20-15(22-14(10)9-23)21-13-5-11(18)4-12(19)6-13/h4-7H,8-9H2,1-3H3,(H,20,21,22). The van der Waals surface area contributed by atoms with Gasteiger partial charge in [-0.25, -0.2) is 23.5 Å². The van der Waals surface area contributed by atoms with Gasteiger partial charge in [0.1, 0.15) is 17.2 Å². The molecular weight excluding hydrogens is 330 g/mol. The molecule has 0 aliphatic carbocycles. The van der Waals surface area contributed by atoms with Crippen molar-refractivity contribution < 1.29 is 18.3 Å². The summed E-state index contributed by atoms with van der Waals surface area (Å²) in [6.45, 7) is 6.05. The molecule has 0 atom stereocenters. The fraction of sp³-hybridized carbons (Fsp3) is 0.353. The number of amides is 1. The van der Waals surface area contributed by atoms with Crippen LogP contribution in [0, 0.1) is 11.6 Å². The minimum absolute atomic E-state index is 0.204. The van der Waals surface area contributed by atoms with Crippen LogP contribution in [-0.2, 0) is 17.8 Å². The first-order chi connectivity index (χ1) is 11.7. The van der Waals surface area contributed by atoms with E-state index in [-0.39, 0.29) is 11.6 Å². The van der Waals surface area contributed by atoms with Crippen molar-refractivity contribution in [3.63, 3.8) is 0 Å². The van der Waals surface area contributed by atoms with Crippen LogP contribution in [0.15, 0.2) is 24.4 Å². The number of anilines is 2. The highest BCUT2D eigenvalue weighted by atomic mass is 19.1. The number of rotatable bonds is 2. The number of benzene rings is 1. The molecular formula is C17H18F2N4O2. The molecule has 1 N–H and O–H groups in total. The first-order valence-electron chi connectivity index (χ1n) is 7.75. The van der Waals surface area contributed by atoms with Gasteiger partial charge in [0.05, 0.1) is 18.8 Å². The summed E-state index contributed by atoms with van der Waals surface area (Å²) in [5.74, 6) is -1.19. The third-order valence-electron chi connectivity index (χ3n) is 3.43. The number of hydrogen-bond donors (Lipinski definition) is 1. The minimum Gasteiger partial charge on any atom is -0.444 e. The van der Waals surface area contributed by atoms with Gasteiger partial charge < -0.3 is 10.1 Å². The summed E-state index contributed by atoms with van der Waals surface area (Å²) in [5, 5.41) is 2.76. The Morgan fingerprint density at radius 3 is 2.52 bits per heavy atom. The second-order valence-electron chi connectivity index (χ2n) is 6.79. The molecule has 1 aliphatic heterocycles. The second-order valence-corrected chi connectivity index (χ2v) is 6.79. The van der Waals surface area contributed by atoms with Crippen molar-refractivity contribution in [2.45, 2.75) is 39.5 Å². The third kappa shape index (κ3) is 4.20. The van der Waals surface area contributed by atoms with Crippen LogP contribution >= 0.6 is 0 Å². The number of nitrogens with zero attached hydrogens (tertiary/aromatic N) is 3. The quantitative estimate of drug-likeness (QED) is 0.895. The molecule has 0 fully saturated rings. The third-order valence-corrected chi connectivity index (χ3v) is 3.43. The molecule has 0 unspecified atom stereocenters. The largest absolute Gasteiger partial charge is 0.444 e. The number of ether oxygens (including phenoxy) is 1. The average Bonchev–Trinajstić information content (AvgIpc) is 2.87. The van der Waals surface area contributed by atoms with Gasteiger partial charge in [0.2, 0.25) is 5.95 Å². The van der Waals surface area contributed by atoms with Crippen LogP contribution < -0.4 is 5.32 Å². The zero-order valence-electron chi connectivity index (χ0n) is 14.1. The summed E-state index contributed by atoms with van der Waals surface area (Å²) in [6.07, 6.45) is 1.16. The number of halogens is 2. The van der Waals surface area contributed by atoms with Gasteiger partial charge in [0, 0.05) is 23.5 Å². The molecule has 132 valence electrons. The van der Waals surface area contributed by atoms with Crippen molar-refractivity contribution in [1.29, 1.82) is 0 Å². The molecule has 0 radical (unpaired) electrons. The lowest BCUT2D eigenvalue weighted by atomic mass is 10.2. The van der Waals surface area contributed by atoms with Gasteiger partial charge in [-0.15, -0.1) is 0 Å². The summed E-state index contributed by atoms with van der Waals surface area (Å²) < 4.78 is 31.8. The van der Waals surface area contributed by atoms with E-state index in [9.17, 15) is 13.6 Å². The van der Waals surface area contributed by atoms with Crippen LogP contribution in [0.3, 0.4) is 0 Å². The highest BCUT2D eigenvalue weighted by Crippen LogP contribution is 2.24. The normalized spacial score (nSPS) is 13.6. The van der Waals surface area contributed by atoms with Crippen LogP contribution in [0.1, 0.15) is 32.0 Å². The van der Waals surface area contributed by atoms with Crippen molar-refractivity contribution in [3.8, 4) is 0 Å². The average molecular weight is 348 g/mol. The molecule has 1 amide bonds. The fourth-order valence-corrected chi connectivity index (χ4v) is 2.42. The first kappa shape index (κ1) is 17.1. The summed E-state index contributed by atoms with van der Waals surface area (Å²) in [6, 6.07) is 3.08. The van der Waals surface area contributed by atoms with E-state index in [0.29, 0.717) is 18.8 Å². The van der Waals surface area contributed by atoms with Gasteiger partial charge in [0.25, 0.3) is 0 Å². The number of carbonyl (C=O) groups excluding carboxylic acids is 1.